The minimum Gasteiger partial charge on any atom is -0.497 e. The van der Waals surface area contributed by atoms with E-state index in [0.717, 1.165) is 16.9 Å². The van der Waals surface area contributed by atoms with Gasteiger partial charge in [0, 0.05) is 11.1 Å². The van der Waals surface area contributed by atoms with E-state index in [1.807, 2.05) is 30.3 Å². The fourth-order valence-corrected chi connectivity index (χ4v) is 2.51. The summed E-state index contributed by atoms with van der Waals surface area (Å²) in [6.45, 7) is 0. The standard InChI is InChI=1S/C17H15NO3/c1-20-11-5-3-10(4-6-11)15-16(18)13-8-7-12(21-2)9-14(13)17(15)19/h3-9H,18H2,1-2H3. The normalized spacial score (nSPS) is 13.3. The van der Waals surface area contributed by atoms with E-state index in [1.165, 1.54) is 0 Å². The van der Waals surface area contributed by atoms with Crippen LogP contribution in [0.2, 0.25) is 0 Å². The van der Waals surface area contributed by atoms with Crippen LogP contribution in [0.1, 0.15) is 21.5 Å². The maximum absolute atomic E-state index is 12.6. The Kier molecular flexibility index (Phi) is 3.14. The van der Waals surface area contributed by atoms with Gasteiger partial charge in [0.25, 0.3) is 0 Å². The van der Waals surface area contributed by atoms with E-state index in [1.54, 1.807) is 26.4 Å². The minimum atomic E-state index is -0.0773. The maximum atomic E-state index is 12.6. The average Bonchev–Trinajstić information content (AvgIpc) is 2.78. The zero-order valence-electron chi connectivity index (χ0n) is 11.8. The van der Waals surface area contributed by atoms with Gasteiger partial charge in [-0.3, -0.25) is 4.79 Å². The van der Waals surface area contributed by atoms with E-state index in [2.05, 4.69) is 0 Å². The summed E-state index contributed by atoms with van der Waals surface area (Å²) in [5.74, 6) is 1.31. The molecule has 0 aromatic heterocycles. The highest BCUT2D eigenvalue weighted by molar-refractivity contribution is 6.39. The third kappa shape index (κ3) is 2.05. The second kappa shape index (κ2) is 4.98. The Labute approximate surface area is 122 Å². The highest BCUT2D eigenvalue weighted by Crippen LogP contribution is 2.37. The number of Topliss-reactive ketones (excluding diaryl/α,β-unsaturated/α-hetero) is 1. The number of hydrogen-bond donors (Lipinski definition) is 1. The fraction of sp³-hybridized carbons (Fsp3) is 0.118. The van der Waals surface area contributed by atoms with Crippen LogP contribution in [0, 0.1) is 0 Å². The summed E-state index contributed by atoms with van der Waals surface area (Å²) in [6, 6.07) is 12.6. The molecule has 4 heteroatoms. The highest BCUT2D eigenvalue weighted by Gasteiger charge is 2.29. The number of allylic oxidation sites excluding steroid dienone is 1. The predicted octanol–water partition coefficient (Wildman–Crippen LogP) is 2.73. The predicted molar refractivity (Wildman–Crippen MR) is 81.3 cm³/mol. The molecule has 1 aliphatic rings. The van der Waals surface area contributed by atoms with E-state index in [4.69, 9.17) is 15.2 Å². The van der Waals surface area contributed by atoms with Crippen molar-refractivity contribution in [3.63, 3.8) is 0 Å². The Balaban J connectivity index is 2.08. The summed E-state index contributed by atoms with van der Waals surface area (Å²) < 4.78 is 10.3. The summed E-state index contributed by atoms with van der Waals surface area (Å²) in [7, 11) is 3.17. The molecule has 0 saturated heterocycles. The van der Waals surface area contributed by atoms with Crippen LogP contribution in [0.3, 0.4) is 0 Å². The van der Waals surface area contributed by atoms with Gasteiger partial charge in [-0.2, -0.15) is 0 Å². The first kappa shape index (κ1) is 13.2. The minimum absolute atomic E-state index is 0.0773. The molecule has 106 valence electrons. The monoisotopic (exact) mass is 281 g/mol. The van der Waals surface area contributed by atoms with Crippen molar-refractivity contribution in [3.8, 4) is 11.5 Å². The van der Waals surface area contributed by atoms with Crippen LogP contribution in [-0.2, 0) is 0 Å². The molecule has 0 unspecified atom stereocenters. The fourth-order valence-electron chi connectivity index (χ4n) is 2.51. The first-order valence-corrected chi connectivity index (χ1v) is 6.53. The molecule has 2 N–H and O–H groups in total. The van der Waals surface area contributed by atoms with E-state index in [9.17, 15) is 4.79 Å². The van der Waals surface area contributed by atoms with Gasteiger partial charge in [0.2, 0.25) is 0 Å². The van der Waals surface area contributed by atoms with Gasteiger partial charge >= 0.3 is 0 Å². The van der Waals surface area contributed by atoms with Gasteiger partial charge in [-0.05, 0) is 35.9 Å². The molecule has 0 saturated carbocycles. The Hall–Kier alpha value is -2.75. The number of ketones is 1. The van der Waals surface area contributed by atoms with Gasteiger partial charge in [0.1, 0.15) is 11.5 Å². The SMILES string of the molecule is COc1ccc(C2=C(N)c3ccc(OC)cc3C2=O)cc1. The summed E-state index contributed by atoms with van der Waals surface area (Å²) in [6.07, 6.45) is 0. The average molecular weight is 281 g/mol. The van der Waals surface area contributed by atoms with Crippen molar-refractivity contribution in [2.24, 2.45) is 5.73 Å². The topological polar surface area (TPSA) is 61.6 Å². The molecule has 4 nitrogen and oxygen atoms in total. The van der Waals surface area contributed by atoms with Gasteiger partial charge in [-0.1, -0.05) is 12.1 Å². The van der Waals surface area contributed by atoms with Crippen molar-refractivity contribution in [3.05, 3.63) is 59.2 Å². The largest absolute Gasteiger partial charge is 0.497 e. The number of carbonyl (C=O) groups is 1. The molecule has 0 heterocycles. The Morgan fingerprint density at radius 2 is 1.48 bits per heavy atom. The summed E-state index contributed by atoms with van der Waals surface area (Å²) >= 11 is 0. The van der Waals surface area contributed by atoms with Gasteiger partial charge in [0.05, 0.1) is 25.5 Å². The third-order valence-electron chi connectivity index (χ3n) is 3.64. The maximum Gasteiger partial charge on any atom is 0.196 e. The molecule has 1 aliphatic carbocycles. The van der Waals surface area contributed by atoms with Gasteiger partial charge in [0.15, 0.2) is 5.78 Å². The van der Waals surface area contributed by atoms with Crippen molar-refractivity contribution in [1.29, 1.82) is 0 Å². The van der Waals surface area contributed by atoms with E-state index < -0.39 is 0 Å². The van der Waals surface area contributed by atoms with Crippen LogP contribution < -0.4 is 15.2 Å². The highest BCUT2D eigenvalue weighted by atomic mass is 16.5. The molecule has 0 radical (unpaired) electrons. The lowest BCUT2D eigenvalue weighted by Gasteiger charge is -2.04. The molecule has 0 bridgehead atoms. The van der Waals surface area contributed by atoms with E-state index in [0.29, 0.717) is 22.6 Å². The number of fused-ring (bicyclic) bond motifs is 1. The van der Waals surface area contributed by atoms with Gasteiger partial charge in [-0.15, -0.1) is 0 Å². The molecular weight excluding hydrogens is 266 g/mol. The van der Waals surface area contributed by atoms with E-state index >= 15 is 0 Å². The molecule has 0 amide bonds. The van der Waals surface area contributed by atoms with Crippen molar-refractivity contribution in [2.45, 2.75) is 0 Å². The van der Waals surface area contributed by atoms with Crippen LogP contribution in [0.25, 0.3) is 11.3 Å². The van der Waals surface area contributed by atoms with Crippen molar-refractivity contribution < 1.29 is 14.3 Å². The lowest BCUT2D eigenvalue weighted by Crippen LogP contribution is -2.00. The molecular formula is C17H15NO3. The number of hydrogen-bond acceptors (Lipinski definition) is 4. The van der Waals surface area contributed by atoms with E-state index in [-0.39, 0.29) is 5.78 Å². The second-order valence-electron chi connectivity index (χ2n) is 4.76. The molecule has 2 aromatic carbocycles. The smallest absolute Gasteiger partial charge is 0.196 e. The first-order chi connectivity index (χ1) is 10.2. The Bertz CT molecular complexity index is 745. The molecule has 0 aliphatic heterocycles. The lowest BCUT2D eigenvalue weighted by atomic mass is 10.0. The number of ether oxygens (including phenoxy) is 2. The number of rotatable bonds is 3. The molecule has 0 fully saturated rings. The van der Waals surface area contributed by atoms with Gasteiger partial charge < -0.3 is 15.2 Å². The number of nitrogens with two attached hydrogens (primary N) is 1. The van der Waals surface area contributed by atoms with Gasteiger partial charge in [-0.25, -0.2) is 0 Å². The zero-order valence-corrected chi connectivity index (χ0v) is 11.8. The Morgan fingerprint density at radius 3 is 2.10 bits per heavy atom. The third-order valence-corrected chi connectivity index (χ3v) is 3.64. The van der Waals surface area contributed by atoms with Crippen molar-refractivity contribution in [1.82, 2.24) is 0 Å². The summed E-state index contributed by atoms with van der Waals surface area (Å²) in [5.41, 5.74) is 9.32. The quantitative estimate of drug-likeness (QED) is 0.939. The Morgan fingerprint density at radius 1 is 0.857 bits per heavy atom. The molecule has 3 rings (SSSR count). The molecule has 0 atom stereocenters. The van der Waals surface area contributed by atoms with Crippen molar-refractivity contribution in [2.75, 3.05) is 14.2 Å². The van der Waals surface area contributed by atoms with Crippen LogP contribution >= 0.6 is 0 Å². The van der Waals surface area contributed by atoms with Crippen LogP contribution in [-0.4, -0.2) is 20.0 Å². The number of carbonyl (C=O) groups excluding carboxylic acids is 1. The molecule has 21 heavy (non-hydrogen) atoms. The van der Waals surface area contributed by atoms with Crippen LogP contribution in [0.5, 0.6) is 11.5 Å². The lowest BCUT2D eigenvalue weighted by molar-refractivity contribution is 0.105. The first-order valence-electron chi connectivity index (χ1n) is 6.53. The number of benzene rings is 2. The summed E-state index contributed by atoms with van der Waals surface area (Å²) in [4.78, 5) is 12.6. The molecule has 0 spiro atoms. The second-order valence-corrected chi connectivity index (χ2v) is 4.76. The zero-order chi connectivity index (χ0) is 15.0. The van der Waals surface area contributed by atoms with Crippen LogP contribution in [0.4, 0.5) is 0 Å². The molecule has 2 aromatic rings. The van der Waals surface area contributed by atoms with Crippen LogP contribution in [0.15, 0.2) is 42.5 Å². The number of methoxy groups -OCH3 is 2. The van der Waals surface area contributed by atoms with Crippen molar-refractivity contribution >= 4 is 17.1 Å². The summed E-state index contributed by atoms with van der Waals surface area (Å²) in [5, 5.41) is 0.